The molecule has 0 saturated carbocycles. The molecule has 1 fully saturated rings. The predicted octanol–water partition coefficient (Wildman–Crippen LogP) is 2.06. The summed E-state index contributed by atoms with van der Waals surface area (Å²) in [5, 5.41) is 7.70. The van der Waals surface area contributed by atoms with E-state index >= 15 is 0 Å². The Morgan fingerprint density at radius 2 is 2.40 bits per heavy atom. The molecule has 1 N–H and O–H groups in total. The Morgan fingerprint density at radius 1 is 1.47 bits per heavy atom. The van der Waals surface area contributed by atoms with Crippen LogP contribution in [0.25, 0.3) is 6.08 Å². The number of nitrogens with one attached hydrogen (secondary N) is 1. The molecule has 1 aliphatic rings. The van der Waals surface area contributed by atoms with E-state index in [0.29, 0.717) is 0 Å². The summed E-state index contributed by atoms with van der Waals surface area (Å²) in [5.74, 6) is 0. The molecule has 0 bridgehead atoms. The number of nitrogens with zero attached hydrogens (tertiary/aromatic N) is 2. The molecule has 1 aromatic rings. The maximum Gasteiger partial charge on any atom is 0.0562 e. The largest absolute Gasteiger partial charge is 0.316 e. The Kier molecular flexibility index (Phi) is 3.56. The predicted molar refractivity (Wildman–Crippen MR) is 62.6 cm³/mol. The van der Waals surface area contributed by atoms with Crippen LogP contribution in [0.15, 0.2) is 18.0 Å². The van der Waals surface area contributed by atoms with Crippen LogP contribution >= 0.6 is 0 Å². The van der Waals surface area contributed by atoms with Gasteiger partial charge in [-0.15, -0.1) is 0 Å². The van der Waals surface area contributed by atoms with Gasteiger partial charge in [-0.2, -0.15) is 5.10 Å². The fourth-order valence-corrected chi connectivity index (χ4v) is 1.95. The highest BCUT2D eigenvalue weighted by atomic mass is 15.3. The van der Waals surface area contributed by atoms with Crippen molar-refractivity contribution in [2.24, 2.45) is 0 Å². The van der Waals surface area contributed by atoms with E-state index in [1.54, 1.807) is 5.57 Å². The van der Waals surface area contributed by atoms with E-state index in [2.05, 4.69) is 29.6 Å². The van der Waals surface area contributed by atoms with Crippen LogP contribution < -0.4 is 5.32 Å². The first kappa shape index (κ1) is 10.4. The maximum absolute atomic E-state index is 4.28. The molecule has 2 heterocycles. The molecule has 0 aliphatic carbocycles. The van der Waals surface area contributed by atoms with Gasteiger partial charge in [0.2, 0.25) is 0 Å². The third-order valence-electron chi connectivity index (χ3n) is 2.82. The molecule has 15 heavy (non-hydrogen) atoms. The number of hydrogen-bond donors (Lipinski definition) is 1. The van der Waals surface area contributed by atoms with E-state index in [0.717, 1.165) is 19.6 Å². The average molecular weight is 205 g/mol. The molecular formula is C12H19N3. The zero-order valence-corrected chi connectivity index (χ0v) is 9.37. The van der Waals surface area contributed by atoms with Crippen molar-refractivity contribution < 1.29 is 0 Å². The summed E-state index contributed by atoms with van der Waals surface area (Å²) in [6, 6.07) is 0. The van der Waals surface area contributed by atoms with Crippen molar-refractivity contribution in [1.29, 1.82) is 0 Å². The van der Waals surface area contributed by atoms with Crippen LogP contribution in [0.3, 0.4) is 0 Å². The van der Waals surface area contributed by atoms with Crippen molar-refractivity contribution in [3.63, 3.8) is 0 Å². The van der Waals surface area contributed by atoms with Crippen molar-refractivity contribution in [3.05, 3.63) is 23.5 Å². The lowest BCUT2D eigenvalue weighted by molar-refractivity contribution is 0.660. The fraction of sp³-hybridized carbons (Fsp3) is 0.583. The van der Waals surface area contributed by atoms with Gasteiger partial charge in [0.25, 0.3) is 0 Å². The van der Waals surface area contributed by atoms with E-state index in [9.17, 15) is 0 Å². The molecule has 3 heteroatoms. The molecule has 0 aromatic carbocycles. The van der Waals surface area contributed by atoms with Crippen LogP contribution in [0.1, 0.15) is 31.7 Å². The van der Waals surface area contributed by atoms with Crippen molar-refractivity contribution >= 4 is 6.08 Å². The van der Waals surface area contributed by atoms with Crippen molar-refractivity contribution in [1.82, 2.24) is 15.1 Å². The number of aromatic nitrogens is 2. The molecular weight excluding hydrogens is 186 g/mol. The number of hydrogen-bond acceptors (Lipinski definition) is 2. The highest BCUT2D eigenvalue weighted by Gasteiger charge is 2.04. The molecule has 2 rings (SSSR count). The summed E-state index contributed by atoms with van der Waals surface area (Å²) in [5.41, 5.74) is 2.80. The highest BCUT2D eigenvalue weighted by Crippen LogP contribution is 2.16. The minimum atomic E-state index is 0.949. The first-order valence-electron chi connectivity index (χ1n) is 5.81. The van der Waals surface area contributed by atoms with E-state index in [1.807, 2.05) is 10.9 Å². The highest BCUT2D eigenvalue weighted by molar-refractivity contribution is 5.51. The lowest BCUT2D eigenvalue weighted by Gasteiger charge is -2.00. The van der Waals surface area contributed by atoms with Crippen LogP contribution in [-0.2, 0) is 6.54 Å². The van der Waals surface area contributed by atoms with E-state index in [-0.39, 0.29) is 0 Å². The van der Waals surface area contributed by atoms with Crippen LogP contribution in [0, 0.1) is 0 Å². The topological polar surface area (TPSA) is 29.9 Å². The molecule has 0 spiro atoms. The molecule has 0 atom stereocenters. The first-order valence-corrected chi connectivity index (χ1v) is 5.81. The molecule has 82 valence electrons. The molecule has 0 amide bonds. The lowest BCUT2D eigenvalue weighted by atomic mass is 10.1. The Balaban J connectivity index is 2.06. The molecule has 1 saturated heterocycles. The van der Waals surface area contributed by atoms with E-state index < -0.39 is 0 Å². The summed E-state index contributed by atoms with van der Waals surface area (Å²) < 4.78 is 1.97. The van der Waals surface area contributed by atoms with E-state index in [1.165, 1.54) is 24.8 Å². The Bertz CT molecular complexity index is 328. The Morgan fingerprint density at radius 3 is 3.20 bits per heavy atom. The summed E-state index contributed by atoms with van der Waals surface area (Å²) in [7, 11) is 0. The normalized spacial score (nSPS) is 20.5. The third-order valence-corrected chi connectivity index (χ3v) is 2.82. The maximum atomic E-state index is 4.28. The lowest BCUT2D eigenvalue weighted by Crippen LogP contribution is -2.13. The van der Waals surface area contributed by atoms with Gasteiger partial charge in [0.1, 0.15) is 0 Å². The Labute approximate surface area is 91.2 Å². The van der Waals surface area contributed by atoms with Gasteiger partial charge in [-0.25, -0.2) is 0 Å². The van der Waals surface area contributed by atoms with Gasteiger partial charge in [0.15, 0.2) is 0 Å². The van der Waals surface area contributed by atoms with Gasteiger partial charge in [0, 0.05) is 18.3 Å². The van der Waals surface area contributed by atoms with Crippen molar-refractivity contribution in [2.75, 3.05) is 13.1 Å². The second-order valence-corrected chi connectivity index (χ2v) is 4.04. The second kappa shape index (κ2) is 5.12. The zero-order chi connectivity index (χ0) is 10.5. The van der Waals surface area contributed by atoms with Gasteiger partial charge >= 0.3 is 0 Å². The van der Waals surface area contributed by atoms with Gasteiger partial charge < -0.3 is 5.32 Å². The van der Waals surface area contributed by atoms with E-state index in [4.69, 9.17) is 0 Å². The number of aryl methyl sites for hydroxylation is 1. The minimum absolute atomic E-state index is 0.949. The Hall–Kier alpha value is -1.09. The third kappa shape index (κ3) is 2.93. The number of rotatable bonds is 2. The van der Waals surface area contributed by atoms with Crippen LogP contribution in [0.4, 0.5) is 0 Å². The molecule has 0 unspecified atom stereocenters. The standard InChI is InChI=1S/C12H19N3/c1-2-15-10-12(9-14-15)8-11-4-3-6-13-7-5-11/h8-10,13H,2-7H2,1H3/b11-8-. The molecule has 0 radical (unpaired) electrons. The monoisotopic (exact) mass is 205 g/mol. The smallest absolute Gasteiger partial charge is 0.0562 e. The molecule has 3 nitrogen and oxygen atoms in total. The minimum Gasteiger partial charge on any atom is -0.316 e. The van der Waals surface area contributed by atoms with Gasteiger partial charge in [-0.3, -0.25) is 4.68 Å². The van der Waals surface area contributed by atoms with Gasteiger partial charge in [-0.1, -0.05) is 11.6 Å². The van der Waals surface area contributed by atoms with Crippen LogP contribution in [-0.4, -0.2) is 22.9 Å². The first-order chi connectivity index (χ1) is 7.38. The van der Waals surface area contributed by atoms with Crippen LogP contribution in [0.5, 0.6) is 0 Å². The van der Waals surface area contributed by atoms with Crippen molar-refractivity contribution in [3.8, 4) is 0 Å². The summed E-state index contributed by atoms with van der Waals surface area (Å²) in [6.45, 7) is 5.34. The SMILES string of the molecule is CCn1cc(/C=C2/CCCNCC2)cn1. The zero-order valence-electron chi connectivity index (χ0n) is 9.37. The molecule has 1 aliphatic heterocycles. The summed E-state index contributed by atoms with van der Waals surface area (Å²) >= 11 is 0. The average Bonchev–Trinajstić information content (AvgIpc) is 2.54. The fourth-order valence-electron chi connectivity index (χ4n) is 1.95. The van der Waals surface area contributed by atoms with Crippen LogP contribution in [0.2, 0.25) is 0 Å². The molecule has 1 aromatic heterocycles. The summed E-state index contributed by atoms with van der Waals surface area (Å²) in [4.78, 5) is 0. The van der Waals surface area contributed by atoms with Gasteiger partial charge in [0.05, 0.1) is 6.20 Å². The van der Waals surface area contributed by atoms with Crippen molar-refractivity contribution in [2.45, 2.75) is 32.7 Å². The summed E-state index contributed by atoms with van der Waals surface area (Å²) in [6.07, 6.45) is 10.0. The van der Waals surface area contributed by atoms with Gasteiger partial charge in [-0.05, 0) is 39.3 Å². The second-order valence-electron chi connectivity index (χ2n) is 4.04. The quantitative estimate of drug-likeness (QED) is 0.801.